The Morgan fingerprint density at radius 1 is 1.00 bits per heavy atom. The zero-order valence-corrected chi connectivity index (χ0v) is 18.4. The molecule has 0 saturated carbocycles. The molecule has 1 aromatic heterocycles. The smallest absolute Gasteiger partial charge is 0.267 e. The minimum Gasteiger partial charge on any atom is -0.321 e. The number of aryl methyl sites for hydroxylation is 1. The molecule has 30 heavy (non-hydrogen) atoms. The molecule has 2 N–H and O–H groups in total. The number of anilines is 2. The number of nitrogens with one attached hydrogen (secondary N) is 2. The zero-order chi connectivity index (χ0) is 21.9. The van der Waals surface area contributed by atoms with Crippen LogP contribution >= 0.6 is 11.3 Å². The van der Waals surface area contributed by atoms with E-state index >= 15 is 0 Å². The van der Waals surface area contributed by atoms with Crippen molar-refractivity contribution < 1.29 is 13.2 Å². The zero-order valence-electron chi connectivity index (χ0n) is 16.8. The number of sulfonamides is 1. The van der Waals surface area contributed by atoms with Gasteiger partial charge >= 0.3 is 0 Å². The summed E-state index contributed by atoms with van der Waals surface area (Å²) in [6.07, 6.45) is 0. The Morgan fingerprint density at radius 2 is 1.60 bits per heavy atom. The Hall–Kier alpha value is -3.15. The molecule has 0 fully saturated rings. The first-order valence-corrected chi connectivity index (χ1v) is 11.5. The third-order valence-corrected chi connectivity index (χ3v) is 7.04. The summed E-state index contributed by atoms with van der Waals surface area (Å²) in [5.41, 5.74) is 2.14. The highest BCUT2D eigenvalue weighted by atomic mass is 32.2. The molecular formula is C22H21N3O3S2. The summed E-state index contributed by atoms with van der Waals surface area (Å²) in [5, 5.41) is 13.5. The lowest BCUT2D eigenvalue weighted by Gasteiger charge is -2.16. The maximum Gasteiger partial charge on any atom is 0.267 e. The number of nitrogens with zero attached hydrogens (tertiary/aromatic N) is 1. The molecule has 0 radical (unpaired) electrons. The summed E-state index contributed by atoms with van der Waals surface area (Å²) in [7, 11) is -3.92. The van der Waals surface area contributed by atoms with E-state index in [2.05, 4.69) is 16.1 Å². The summed E-state index contributed by atoms with van der Waals surface area (Å²) >= 11 is 1.05. The lowest BCUT2D eigenvalue weighted by molar-refractivity contribution is 0.102. The monoisotopic (exact) mass is 439 g/mol. The van der Waals surface area contributed by atoms with Crippen LogP contribution in [0.2, 0.25) is 0 Å². The van der Waals surface area contributed by atoms with Gasteiger partial charge in [0, 0.05) is 11.4 Å². The molecule has 0 spiro atoms. The van der Waals surface area contributed by atoms with Crippen molar-refractivity contribution in [1.29, 1.82) is 5.26 Å². The highest BCUT2D eigenvalue weighted by Gasteiger charge is 2.25. The molecule has 2 aromatic carbocycles. The first-order chi connectivity index (χ1) is 14.1. The van der Waals surface area contributed by atoms with Crippen LogP contribution in [0.4, 0.5) is 11.4 Å². The maximum atomic E-state index is 12.8. The van der Waals surface area contributed by atoms with E-state index < -0.39 is 21.3 Å². The number of hydrogen-bond donors (Lipinski definition) is 2. The average molecular weight is 440 g/mol. The van der Waals surface area contributed by atoms with Gasteiger partial charge in [0.2, 0.25) is 0 Å². The van der Waals surface area contributed by atoms with Gasteiger partial charge in [-0.15, -0.1) is 11.3 Å². The third kappa shape index (κ3) is 4.70. The van der Waals surface area contributed by atoms with Gasteiger partial charge in [-0.05, 0) is 62.0 Å². The van der Waals surface area contributed by atoms with Crippen LogP contribution in [0, 0.1) is 18.3 Å². The first-order valence-electron chi connectivity index (χ1n) is 9.12. The second-order valence-electron chi connectivity index (χ2n) is 7.35. The molecule has 1 heterocycles. The van der Waals surface area contributed by atoms with E-state index in [1.165, 1.54) is 6.07 Å². The van der Waals surface area contributed by atoms with E-state index in [4.69, 9.17) is 0 Å². The second kappa shape index (κ2) is 8.30. The number of amides is 1. The fraction of sp³-hybridized carbons (Fsp3) is 0.182. The van der Waals surface area contributed by atoms with Crippen molar-refractivity contribution in [3.8, 4) is 6.07 Å². The number of nitriles is 1. The summed E-state index contributed by atoms with van der Waals surface area (Å²) in [5.74, 6) is -0.512. The Kier molecular flexibility index (Phi) is 5.97. The van der Waals surface area contributed by atoms with Gasteiger partial charge in [-0.3, -0.25) is 9.52 Å². The predicted octanol–water partition coefficient (Wildman–Crippen LogP) is 4.91. The molecule has 6 nitrogen and oxygen atoms in total. The quantitative estimate of drug-likeness (QED) is 0.570. The van der Waals surface area contributed by atoms with Crippen molar-refractivity contribution >= 4 is 38.6 Å². The van der Waals surface area contributed by atoms with Crippen molar-refractivity contribution in [3.05, 3.63) is 76.0 Å². The molecule has 0 aliphatic rings. The van der Waals surface area contributed by atoms with Crippen molar-refractivity contribution in [2.45, 2.75) is 31.1 Å². The Morgan fingerprint density at radius 3 is 2.20 bits per heavy atom. The molecule has 0 aliphatic heterocycles. The molecule has 3 rings (SSSR count). The minimum absolute atomic E-state index is 0.0761. The van der Waals surface area contributed by atoms with Gasteiger partial charge in [-0.2, -0.15) is 5.26 Å². The van der Waals surface area contributed by atoms with E-state index in [1.54, 1.807) is 53.9 Å². The van der Waals surface area contributed by atoms with Crippen LogP contribution in [0.3, 0.4) is 0 Å². The normalized spacial score (nSPS) is 11.5. The fourth-order valence-electron chi connectivity index (χ4n) is 2.73. The Balaban J connectivity index is 1.79. The molecule has 0 unspecified atom stereocenters. The maximum absolute atomic E-state index is 12.8. The number of thiophene rings is 1. The Labute approximate surface area is 180 Å². The second-order valence-corrected chi connectivity index (χ2v) is 9.92. The number of hydrogen-bond acceptors (Lipinski definition) is 5. The number of carbonyl (C=O) groups excluding carboxylic acids is 1. The summed E-state index contributed by atoms with van der Waals surface area (Å²) in [6, 6.07) is 17.5. The molecule has 154 valence electrons. The van der Waals surface area contributed by atoms with Gasteiger partial charge in [0.1, 0.15) is 9.77 Å². The molecule has 1 amide bonds. The molecule has 0 saturated heterocycles. The third-order valence-electron chi connectivity index (χ3n) is 4.57. The van der Waals surface area contributed by atoms with Gasteiger partial charge in [0.05, 0.1) is 11.5 Å². The molecule has 8 heteroatoms. The largest absolute Gasteiger partial charge is 0.321 e. The first kappa shape index (κ1) is 21.6. The van der Waals surface area contributed by atoms with E-state index in [1.807, 2.05) is 20.8 Å². The molecule has 0 atom stereocenters. The highest BCUT2D eigenvalue weighted by Crippen LogP contribution is 2.27. The van der Waals surface area contributed by atoms with Gasteiger partial charge in [-0.1, -0.05) is 29.8 Å². The lowest BCUT2D eigenvalue weighted by Crippen LogP contribution is -2.18. The van der Waals surface area contributed by atoms with Gasteiger partial charge in [-0.25, -0.2) is 8.42 Å². The minimum atomic E-state index is -3.92. The number of rotatable bonds is 6. The van der Waals surface area contributed by atoms with E-state index in [9.17, 15) is 18.5 Å². The van der Waals surface area contributed by atoms with Gasteiger partial charge in [0.25, 0.3) is 15.9 Å². The summed E-state index contributed by atoms with van der Waals surface area (Å²) in [4.78, 5) is 12.7. The van der Waals surface area contributed by atoms with Crippen LogP contribution in [-0.2, 0) is 15.4 Å². The van der Waals surface area contributed by atoms with Crippen LogP contribution in [0.15, 0.2) is 64.9 Å². The molecule has 3 aromatic rings. The summed E-state index contributed by atoms with van der Waals surface area (Å²) in [6.45, 7) is 5.53. The van der Waals surface area contributed by atoms with Crippen LogP contribution in [0.1, 0.15) is 34.6 Å². The average Bonchev–Trinajstić information content (AvgIpc) is 3.21. The number of benzene rings is 2. The lowest BCUT2D eigenvalue weighted by atomic mass is 9.86. The van der Waals surface area contributed by atoms with Crippen molar-refractivity contribution in [2.75, 3.05) is 10.0 Å². The van der Waals surface area contributed by atoms with Crippen LogP contribution < -0.4 is 10.0 Å². The van der Waals surface area contributed by atoms with Crippen molar-refractivity contribution in [2.24, 2.45) is 0 Å². The SMILES string of the molecule is Cc1ccc(NS(=O)(=O)c2ccsc2C(=O)Nc2ccc(C(C)(C)C#N)cc2)cc1. The fourth-order valence-corrected chi connectivity index (χ4v) is 5.11. The van der Waals surface area contributed by atoms with Crippen molar-refractivity contribution in [1.82, 2.24) is 0 Å². The van der Waals surface area contributed by atoms with Gasteiger partial charge < -0.3 is 5.32 Å². The van der Waals surface area contributed by atoms with Crippen molar-refractivity contribution in [3.63, 3.8) is 0 Å². The topological polar surface area (TPSA) is 99.1 Å². The molecule has 0 bridgehead atoms. The van der Waals surface area contributed by atoms with Gasteiger partial charge in [0.15, 0.2) is 0 Å². The van der Waals surface area contributed by atoms with E-state index in [-0.39, 0.29) is 9.77 Å². The summed E-state index contributed by atoms with van der Waals surface area (Å²) < 4.78 is 28.1. The van der Waals surface area contributed by atoms with Crippen LogP contribution in [-0.4, -0.2) is 14.3 Å². The molecular weight excluding hydrogens is 418 g/mol. The molecule has 0 aliphatic carbocycles. The Bertz CT molecular complexity index is 1200. The van der Waals surface area contributed by atoms with E-state index in [0.29, 0.717) is 11.4 Å². The standard InChI is InChI=1S/C22H21N3O3S2/c1-15-4-8-18(9-5-15)25-30(27,28)19-12-13-29-20(19)21(26)24-17-10-6-16(7-11-17)22(2,3)14-23/h4-13,25H,1-3H3,(H,24,26). The van der Waals surface area contributed by atoms with Crippen LogP contribution in [0.5, 0.6) is 0 Å². The van der Waals surface area contributed by atoms with E-state index in [0.717, 1.165) is 22.5 Å². The number of carbonyl (C=O) groups is 1. The predicted molar refractivity (Wildman–Crippen MR) is 119 cm³/mol. The highest BCUT2D eigenvalue weighted by molar-refractivity contribution is 7.93. The van der Waals surface area contributed by atoms with Crippen LogP contribution in [0.25, 0.3) is 0 Å².